The van der Waals surface area contributed by atoms with E-state index in [-0.39, 0.29) is 0 Å². The van der Waals surface area contributed by atoms with Crippen LogP contribution in [0.4, 0.5) is 5.82 Å². The van der Waals surface area contributed by atoms with Crippen molar-refractivity contribution >= 4 is 17.4 Å². The van der Waals surface area contributed by atoms with E-state index in [9.17, 15) is 0 Å². The maximum absolute atomic E-state index is 5.96. The predicted octanol–water partition coefficient (Wildman–Crippen LogP) is 2.22. The van der Waals surface area contributed by atoms with Crippen LogP contribution in [0.15, 0.2) is 0 Å². The molecule has 1 unspecified atom stereocenters. The number of ether oxygens (including phenoxy) is 1. The molecule has 0 aliphatic carbocycles. The van der Waals surface area contributed by atoms with Crippen molar-refractivity contribution < 1.29 is 4.74 Å². The molecule has 1 aromatic heterocycles. The van der Waals surface area contributed by atoms with Crippen LogP contribution in [-0.2, 0) is 4.74 Å². The zero-order chi connectivity index (χ0) is 12.4. The monoisotopic (exact) mass is 255 g/mol. The van der Waals surface area contributed by atoms with Gasteiger partial charge in [-0.1, -0.05) is 11.6 Å². The van der Waals surface area contributed by atoms with Crippen LogP contribution in [0.2, 0.25) is 5.15 Å². The minimum atomic E-state index is 0.499. The van der Waals surface area contributed by atoms with Gasteiger partial charge >= 0.3 is 0 Å². The lowest BCUT2D eigenvalue weighted by Crippen LogP contribution is -2.23. The van der Waals surface area contributed by atoms with Crippen molar-refractivity contribution in [3.63, 3.8) is 0 Å². The topological polar surface area (TPSA) is 38.2 Å². The third-order valence-corrected chi connectivity index (χ3v) is 3.79. The summed E-state index contributed by atoms with van der Waals surface area (Å²) in [6.07, 6.45) is 1.15. The van der Waals surface area contributed by atoms with Crippen LogP contribution in [0, 0.1) is 19.8 Å². The molecule has 1 saturated heterocycles. The highest BCUT2D eigenvalue weighted by Gasteiger charge is 2.25. The summed E-state index contributed by atoms with van der Waals surface area (Å²) in [4.78, 5) is 2.27. The highest BCUT2D eigenvalue weighted by Crippen LogP contribution is 2.28. The van der Waals surface area contributed by atoms with E-state index in [4.69, 9.17) is 16.3 Å². The first-order valence-electron chi connectivity index (χ1n) is 5.86. The summed E-state index contributed by atoms with van der Waals surface area (Å²) in [6, 6.07) is 0. The molecule has 0 saturated carbocycles. The zero-order valence-corrected chi connectivity index (χ0v) is 11.3. The minimum Gasteiger partial charge on any atom is -0.384 e. The fourth-order valence-electron chi connectivity index (χ4n) is 2.26. The minimum absolute atomic E-state index is 0.499. The summed E-state index contributed by atoms with van der Waals surface area (Å²) in [6.45, 7) is 6.86. The summed E-state index contributed by atoms with van der Waals surface area (Å²) in [5.41, 5.74) is 2.15. The van der Waals surface area contributed by atoms with Gasteiger partial charge in [-0.3, -0.25) is 0 Å². The molecule has 1 atom stereocenters. The second-order valence-corrected chi connectivity index (χ2v) is 4.98. The van der Waals surface area contributed by atoms with Crippen LogP contribution in [-0.4, -0.2) is 37.0 Å². The van der Waals surface area contributed by atoms with Crippen LogP contribution < -0.4 is 4.90 Å². The van der Waals surface area contributed by atoms with E-state index in [1.165, 1.54) is 0 Å². The first-order valence-corrected chi connectivity index (χ1v) is 6.24. The Kier molecular flexibility index (Phi) is 3.84. The standard InChI is InChI=1S/C12H18ClN3O/c1-8-9(2)12(15-14-11(8)13)16-5-4-10(6-16)7-17-3/h10H,4-7H2,1-3H3. The van der Waals surface area contributed by atoms with Crippen LogP contribution in [0.25, 0.3) is 0 Å². The highest BCUT2D eigenvalue weighted by atomic mass is 35.5. The van der Waals surface area contributed by atoms with Crippen molar-refractivity contribution in [3.8, 4) is 0 Å². The normalized spacial score (nSPS) is 20.0. The average Bonchev–Trinajstić information content (AvgIpc) is 2.75. The van der Waals surface area contributed by atoms with Gasteiger partial charge in [0.15, 0.2) is 11.0 Å². The van der Waals surface area contributed by atoms with Gasteiger partial charge in [-0.05, 0) is 31.4 Å². The van der Waals surface area contributed by atoms with E-state index in [2.05, 4.69) is 22.0 Å². The smallest absolute Gasteiger partial charge is 0.155 e. The lowest BCUT2D eigenvalue weighted by molar-refractivity contribution is 0.161. The molecular formula is C12H18ClN3O. The molecule has 0 amide bonds. The van der Waals surface area contributed by atoms with E-state index in [0.29, 0.717) is 11.1 Å². The molecule has 1 aliphatic heterocycles. The lowest BCUT2D eigenvalue weighted by atomic mass is 10.1. The van der Waals surface area contributed by atoms with Gasteiger partial charge < -0.3 is 9.64 Å². The largest absolute Gasteiger partial charge is 0.384 e. The van der Waals surface area contributed by atoms with Gasteiger partial charge in [0.1, 0.15) is 0 Å². The summed E-state index contributed by atoms with van der Waals surface area (Å²) >= 11 is 5.96. The number of aromatic nitrogens is 2. The summed E-state index contributed by atoms with van der Waals surface area (Å²) in [5.74, 6) is 1.56. The molecule has 1 fully saturated rings. The average molecular weight is 256 g/mol. The van der Waals surface area contributed by atoms with Crippen molar-refractivity contribution in [2.45, 2.75) is 20.3 Å². The number of hydrogen-bond donors (Lipinski definition) is 0. The molecule has 17 heavy (non-hydrogen) atoms. The molecular weight excluding hydrogens is 238 g/mol. The Bertz CT molecular complexity index is 411. The Morgan fingerprint density at radius 2 is 2.12 bits per heavy atom. The van der Waals surface area contributed by atoms with Gasteiger partial charge in [0.2, 0.25) is 0 Å². The first-order chi connectivity index (χ1) is 8.13. The third kappa shape index (κ3) is 2.53. The molecule has 4 nitrogen and oxygen atoms in total. The van der Waals surface area contributed by atoms with Crippen molar-refractivity contribution in [2.24, 2.45) is 5.92 Å². The van der Waals surface area contributed by atoms with Gasteiger partial charge in [0, 0.05) is 26.1 Å². The van der Waals surface area contributed by atoms with E-state index < -0.39 is 0 Å². The van der Waals surface area contributed by atoms with Crippen molar-refractivity contribution in [2.75, 3.05) is 31.7 Å². The molecule has 5 heteroatoms. The van der Waals surface area contributed by atoms with Gasteiger partial charge in [0.25, 0.3) is 0 Å². The predicted molar refractivity (Wildman–Crippen MR) is 68.7 cm³/mol. The van der Waals surface area contributed by atoms with Crippen LogP contribution in [0.1, 0.15) is 17.5 Å². The third-order valence-electron chi connectivity index (χ3n) is 3.43. The molecule has 0 bridgehead atoms. The molecule has 0 N–H and O–H groups in total. The Morgan fingerprint density at radius 3 is 2.82 bits per heavy atom. The van der Waals surface area contributed by atoms with Crippen LogP contribution in [0.3, 0.4) is 0 Å². The quantitative estimate of drug-likeness (QED) is 0.830. The van der Waals surface area contributed by atoms with E-state index >= 15 is 0 Å². The number of rotatable bonds is 3. The lowest BCUT2D eigenvalue weighted by Gasteiger charge is -2.20. The molecule has 1 aliphatic rings. The van der Waals surface area contributed by atoms with Crippen molar-refractivity contribution in [3.05, 3.63) is 16.3 Å². The molecule has 2 heterocycles. The second-order valence-electron chi connectivity index (χ2n) is 4.62. The number of hydrogen-bond acceptors (Lipinski definition) is 4. The van der Waals surface area contributed by atoms with E-state index in [0.717, 1.165) is 43.1 Å². The SMILES string of the molecule is COCC1CCN(c2nnc(Cl)c(C)c2C)C1. The maximum Gasteiger partial charge on any atom is 0.155 e. The Hall–Kier alpha value is -0.870. The van der Waals surface area contributed by atoms with E-state index in [1.54, 1.807) is 7.11 Å². The molecule has 0 radical (unpaired) electrons. The first kappa shape index (κ1) is 12.6. The van der Waals surface area contributed by atoms with Gasteiger partial charge in [0.05, 0.1) is 6.61 Å². The number of halogens is 1. The number of anilines is 1. The Balaban J connectivity index is 2.16. The Labute approximate surface area is 107 Å². The molecule has 2 rings (SSSR count). The van der Waals surface area contributed by atoms with Gasteiger partial charge in [-0.15, -0.1) is 10.2 Å². The van der Waals surface area contributed by atoms with Crippen molar-refractivity contribution in [1.29, 1.82) is 0 Å². The van der Waals surface area contributed by atoms with Gasteiger partial charge in [-0.2, -0.15) is 0 Å². The molecule has 1 aromatic rings. The fraction of sp³-hybridized carbons (Fsp3) is 0.667. The van der Waals surface area contributed by atoms with E-state index in [1.807, 2.05) is 6.92 Å². The molecule has 94 valence electrons. The number of methoxy groups -OCH3 is 1. The molecule has 0 aromatic carbocycles. The number of nitrogens with zero attached hydrogens (tertiary/aromatic N) is 3. The fourth-order valence-corrected chi connectivity index (χ4v) is 2.44. The van der Waals surface area contributed by atoms with Crippen molar-refractivity contribution in [1.82, 2.24) is 10.2 Å². The maximum atomic E-state index is 5.96. The van der Waals surface area contributed by atoms with Crippen LogP contribution >= 0.6 is 11.6 Å². The summed E-state index contributed by atoms with van der Waals surface area (Å²) < 4.78 is 5.20. The Morgan fingerprint density at radius 1 is 1.35 bits per heavy atom. The summed E-state index contributed by atoms with van der Waals surface area (Å²) in [7, 11) is 1.75. The van der Waals surface area contributed by atoms with Crippen LogP contribution in [0.5, 0.6) is 0 Å². The highest BCUT2D eigenvalue weighted by molar-refractivity contribution is 6.30. The van der Waals surface area contributed by atoms with Gasteiger partial charge in [-0.25, -0.2) is 0 Å². The zero-order valence-electron chi connectivity index (χ0n) is 10.5. The molecule has 0 spiro atoms. The second kappa shape index (κ2) is 5.19. The summed E-state index contributed by atoms with van der Waals surface area (Å²) in [5, 5.41) is 8.71.